The lowest BCUT2D eigenvalue weighted by Crippen LogP contribution is -2.38. The fourth-order valence-electron chi connectivity index (χ4n) is 3.61. The minimum absolute atomic E-state index is 0.176. The molecule has 0 unspecified atom stereocenters. The van der Waals surface area contributed by atoms with Crippen molar-refractivity contribution in [1.82, 2.24) is 10.6 Å². The Morgan fingerprint density at radius 1 is 0.892 bits per heavy atom. The number of ether oxygens (including phenoxy) is 1. The molecule has 0 radical (unpaired) electrons. The summed E-state index contributed by atoms with van der Waals surface area (Å²) in [4.78, 5) is 24.9. The van der Waals surface area contributed by atoms with Crippen LogP contribution in [-0.4, -0.2) is 25.0 Å². The number of urea groups is 1. The highest BCUT2D eigenvalue weighted by molar-refractivity contribution is 6.35. The second-order valence-corrected chi connectivity index (χ2v) is 8.99. The number of hydrogen-bond acceptors (Lipinski definition) is 7. The molecule has 0 bridgehead atoms. The fraction of sp³-hybridized carbons (Fsp3) is 0.200. The maximum absolute atomic E-state index is 12.8. The number of carbonyl (C=O) groups excluding carboxylic acids is 2. The van der Waals surface area contributed by atoms with Crippen LogP contribution in [0.1, 0.15) is 17.5 Å². The summed E-state index contributed by atoms with van der Waals surface area (Å²) in [5.74, 6) is 0.397. The average Bonchev–Trinajstić information content (AvgIpc) is 3.33. The van der Waals surface area contributed by atoms with Gasteiger partial charge in [-0.2, -0.15) is 0 Å². The lowest BCUT2D eigenvalue weighted by molar-refractivity contribution is -0.122. The van der Waals surface area contributed by atoms with Crippen molar-refractivity contribution in [3.63, 3.8) is 0 Å². The van der Waals surface area contributed by atoms with E-state index in [1.54, 1.807) is 48.5 Å². The summed E-state index contributed by atoms with van der Waals surface area (Å²) in [5.41, 5.74) is 0.789. The molecule has 3 amide bonds. The molecule has 12 heteroatoms. The number of para-hydroxylation sites is 1. The monoisotopic (exact) mass is 539 g/mol. The summed E-state index contributed by atoms with van der Waals surface area (Å²) in [7, 11) is 0. The summed E-state index contributed by atoms with van der Waals surface area (Å²) in [6, 6.07) is 18.9. The van der Waals surface area contributed by atoms with E-state index >= 15 is 0 Å². The van der Waals surface area contributed by atoms with Gasteiger partial charge in [-0.25, -0.2) is 4.79 Å². The van der Waals surface area contributed by atoms with Crippen molar-refractivity contribution in [2.75, 3.05) is 18.4 Å². The maximum atomic E-state index is 12.8. The first-order chi connectivity index (χ1) is 17.8. The summed E-state index contributed by atoms with van der Waals surface area (Å²) >= 11 is 12.2. The second kappa shape index (κ2) is 11.8. The number of carbonyl (C=O) groups is 2. The number of nitrogens with zero attached hydrogens (tertiary/aromatic N) is 4. The van der Waals surface area contributed by atoms with Crippen LogP contribution in [0.2, 0.25) is 10.0 Å². The van der Waals surface area contributed by atoms with Crippen molar-refractivity contribution in [2.24, 2.45) is 20.7 Å². The smallest absolute Gasteiger partial charge is 0.319 e. The Balaban J connectivity index is 1.36. The molecule has 0 spiro atoms. The maximum Gasteiger partial charge on any atom is 0.319 e. The van der Waals surface area contributed by atoms with Crippen molar-refractivity contribution < 1.29 is 14.3 Å². The zero-order valence-corrected chi connectivity index (χ0v) is 21.3. The molecule has 3 aromatic rings. The Morgan fingerprint density at radius 2 is 1.65 bits per heavy atom. The van der Waals surface area contributed by atoms with Crippen molar-refractivity contribution in [2.45, 2.75) is 19.0 Å². The molecule has 0 saturated carbocycles. The van der Waals surface area contributed by atoms with Gasteiger partial charge in [0.15, 0.2) is 0 Å². The van der Waals surface area contributed by atoms with Gasteiger partial charge in [-0.05, 0) is 59.3 Å². The van der Waals surface area contributed by atoms with E-state index in [1.807, 2.05) is 25.1 Å². The number of anilines is 1. The molecule has 37 heavy (non-hydrogen) atoms. The Kier molecular flexibility index (Phi) is 8.32. The minimum atomic E-state index is -1.41. The molecule has 1 aliphatic rings. The van der Waals surface area contributed by atoms with Crippen LogP contribution in [0.15, 0.2) is 87.4 Å². The summed E-state index contributed by atoms with van der Waals surface area (Å²) < 4.78 is 6.02. The predicted octanol–water partition coefficient (Wildman–Crippen LogP) is 6.41. The van der Waals surface area contributed by atoms with Gasteiger partial charge in [-0.3, -0.25) is 4.79 Å². The largest absolute Gasteiger partial charge is 0.455 e. The van der Waals surface area contributed by atoms with E-state index in [-0.39, 0.29) is 31.4 Å². The van der Waals surface area contributed by atoms with Crippen LogP contribution in [-0.2, 0) is 10.5 Å². The van der Waals surface area contributed by atoms with Crippen LogP contribution < -0.4 is 20.7 Å². The molecule has 10 nitrogen and oxygen atoms in total. The number of halogens is 2. The van der Waals surface area contributed by atoms with Crippen molar-refractivity contribution in [1.29, 1.82) is 0 Å². The molecule has 0 fully saturated rings. The first-order valence-corrected chi connectivity index (χ1v) is 12.0. The Hall–Kier alpha value is -4.02. The van der Waals surface area contributed by atoms with Crippen molar-refractivity contribution in [3.8, 4) is 11.5 Å². The first kappa shape index (κ1) is 26.1. The molecule has 3 aromatic carbocycles. The topological polar surface area (TPSA) is 129 Å². The van der Waals surface area contributed by atoms with Gasteiger partial charge in [-0.1, -0.05) is 53.5 Å². The predicted molar refractivity (Wildman–Crippen MR) is 140 cm³/mol. The number of aryl methyl sites for hydroxylation is 1. The van der Waals surface area contributed by atoms with Crippen molar-refractivity contribution >= 4 is 40.8 Å². The fourth-order valence-corrected chi connectivity index (χ4v) is 4.05. The summed E-state index contributed by atoms with van der Waals surface area (Å²) in [6.07, 6.45) is -0.176. The molecule has 0 aliphatic carbocycles. The highest BCUT2D eigenvalue weighted by atomic mass is 35.5. The van der Waals surface area contributed by atoms with Crippen LogP contribution in [0.5, 0.6) is 11.5 Å². The Morgan fingerprint density at radius 3 is 2.41 bits per heavy atom. The van der Waals surface area contributed by atoms with Gasteiger partial charge in [0.25, 0.3) is 0 Å². The molecule has 190 valence electrons. The highest BCUT2D eigenvalue weighted by Crippen LogP contribution is 2.43. The lowest BCUT2D eigenvalue weighted by atomic mass is 9.96. The standard InChI is InChI=1S/C25H23Cl2N7O3/c1-16-5-4-6-18(13-16)30-24(36)29-12-11-28-23(35)15-25(31-33-34-32-25)19-7-2-3-8-21(19)37-22-10-9-17(26)14-20(22)27/h2-10,13-14H,11-12,15H2,1H3,(H,28,35)(H2,29,30,36). The van der Waals surface area contributed by atoms with Crippen LogP contribution in [0.3, 0.4) is 0 Å². The molecule has 0 saturated heterocycles. The number of amides is 3. The number of benzene rings is 3. The number of nitrogens with one attached hydrogen (secondary N) is 3. The van der Waals surface area contributed by atoms with Crippen LogP contribution >= 0.6 is 23.2 Å². The molecule has 1 aliphatic heterocycles. The molecule has 1 heterocycles. The minimum Gasteiger partial charge on any atom is -0.455 e. The lowest BCUT2D eigenvalue weighted by Gasteiger charge is -2.22. The van der Waals surface area contributed by atoms with Crippen LogP contribution in [0.25, 0.3) is 0 Å². The first-order valence-electron chi connectivity index (χ1n) is 11.3. The molecule has 0 aromatic heterocycles. The molecule has 3 N–H and O–H groups in total. The number of rotatable bonds is 9. The van der Waals surface area contributed by atoms with Crippen molar-refractivity contribution in [3.05, 3.63) is 87.9 Å². The molecule has 0 atom stereocenters. The van der Waals surface area contributed by atoms with E-state index < -0.39 is 5.66 Å². The van der Waals surface area contributed by atoms with E-state index in [4.69, 9.17) is 27.9 Å². The van der Waals surface area contributed by atoms with Gasteiger partial charge >= 0.3 is 6.03 Å². The van der Waals surface area contributed by atoms with Crippen LogP contribution in [0.4, 0.5) is 10.5 Å². The number of hydrogen-bond donors (Lipinski definition) is 3. The Bertz CT molecular complexity index is 1350. The normalized spacial score (nSPS) is 13.3. The zero-order valence-electron chi connectivity index (χ0n) is 19.7. The van der Waals surface area contributed by atoms with Gasteiger partial charge in [0.1, 0.15) is 11.5 Å². The van der Waals surface area contributed by atoms with Gasteiger partial charge in [0.05, 0.1) is 11.4 Å². The third-order valence-corrected chi connectivity index (χ3v) is 5.84. The SMILES string of the molecule is Cc1cccc(NC(=O)NCCNC(=O)CC2(c3ccccc3Oc3ccc(Cl)cc3Cl)N=NN=N2)c1. The molecule has 4 rings (SSSR count). The van der Waals surface area contributed by atoms with Crippen LogP contribution in [0, 0.1) is 6.92 Å². The van der Waals surface area contributed by atoms with E-state index in [0.29, 0.717) is 32.8 Å². The third kappa shape index (κ3) is 6.81. The summed E-state index contributed by atoms with van der Waals surface area (Å²) in [6.45, 7) is 2.35. The van der Waals surface area contributed by atoms with E-state index in [2.05, 4.69) is 36.6 Å². The third-order valence-electron chi connectivity index (χ3n) is 5.31. The average molecular weight is 540 g/mol. The zero-order chi connectivity index (χ0) is 26.3. The Labute approximate surface area is 223 Å². The van der Waals surface area contributed by atoms with E-state index in [1.165, 1.54) is 0 Å². The quantitative estimate of drug-likeness (QED) is 0.271. The highest BCUT2D eigenvalue weighted by Gasteiger charge is 2.40. The second-order valence-electron chi connectivity index (χ2n) is 8.15. The van der Waals surface area contributed by atoms with E-state index in [9.17, 15) is 9.59 Å². The van der Waals surface area contributed by atoms with E-state index in [0.717, 1.165) is 5.56 Å². The van der Waals surface area contributed by atoms with Gasteiger partial charge < -0.3 is 20.7 Å². The molecular formula is C25H23Cl2N7O3. The molecular weight excluding hydrogens is 517 g/mol. The van der Waals surface area contributed by atoms with Gasteiger partial charge in [-0.15, -0.1) is 10.2 Å². The van der Waals surface area contributed by atoms with Gasteiger partial charge in [0.2, 0.25) is 11.6 Å². The van der Waals surface area contributed by atoms with Gasteiger partial charge in [0, 0.05) is 29.4 Å². The summed E-state index contributed by atoms with van der Waals surface area (Å²) in [5, 5.41) is 24.6.